The number of para-hydroxylation sites is 2. The van der Waals surface area contributed by atoms with Gasteiger partial charge >= 0.3 is 0 Å². The van der Waals surface area contributed by atoms with Crippen LogP contribution in [0.15, 0.2) is 95.5 Å². The van der Waals surface area contributed by atoms with Crippen LogP contribution >= 0.6 is 12.2 Å². The summed E-state index contributed by atoms with van der Waals surface area (Å²) in [6.45, 7) is 1.48. The van der Waals surface area contributed by atoms with Crippen LogP contribution in [-0.2, 0) is 0 Å². The molecule has 36 heavy (non-hydrogen) atoms. The van der Waals surface area contributed by atoms with Crippen molar-refractivity contribution in [2.45, 2.75) is 18.5 Å². The van der Waals surface area contributed by atoms with Crippen LogP contribution in [0.5, 0.6) is 0 Å². The number of aromatic nitrogens is 1. The third-order valence-corrected chi connectivity index (χ3v) is 6.51. The Hall–Kier alpha value is -4.24. The summed E-state index contributed by atoms with van der Waals surface area (Å²) >= 11 is 5.73. The Labute approximate surface area is 214 Å². The maximum Gasteiger partial charge on any atom is 0.280 e. The summed E-state index contributed by atoms with van der Waals surface area (Å²) in [4.78, 5) is 17.8. The molecule has 0 radical (unpaired) electrons. The minimum absolute atomic E-state index is 0.00332. The van der Waals surface area contributed by atoms with Crippen molar-refractivity contribution in [1.29, 1.82) is 0 Å². The number of pyridine rings is 1. The lowest BCUT2D eigenvalue weighted by molar-refractivity contribution is -0.384. The van der Waals surface area contributed by atoms with E-state index in [4.69, 9.17) is 16.6 Å². The van der Waals surface area contributed by atoms with Gasteiger partial charge in [0.25, 0.3) is 5.69 Å². The van der Waals surface area contributed by atoms with E-state index in [0.717, 1.165) is 24.3 Å². The number of anilines is 1. The van der Waals surface area contributed by atoms with Gasteiger partial charge in [-0.3, -0.25) is 15.1 Å². The molecule has 1 aliphatic heterocycles. The van der Waals surface area contributed by atoms with Gasteiger partial charge < -0.3 is 20.0 Å². The van der Waals surface area contributed by atoms with Crippen LogP contribution < -0.4 is 10.6 Å². The largest absolute Gasteiger partial charge is 0.459 e. The molecule has 1 saturated heterocycles. The summed E-state index contributed by atoms with van der Waals surface area (Å²) in [5, 5.41) is 19.0. The topological polar surface area (TPSA) is 96.5 Å². The Morgan fingerprint density at radius 3 is 2.58 bits per heavy atom. The zero-order valence-corrected chi connectivity index (χ0v) is 20.2. The summed E-state index contributed by atoms with van der Waals surface area (Å²) in [5.74, 6) is 1.11. The van der Waals surface area contributed by atoms with Gasteiger partial charge in [0.15, 0.2) is 5.11 Å². The molecule has 2 aromatic carbocycles. The van der Waals surface area contributed by atoms with Crippen LogP contribution in [0.4, 0.5) is 11.4 Å². The van der Waals surface area contributed by atoms with E-state index in [9.17, 15) is 10.1 Å². The predicted molar refractivity (Wildman–Crippen MR) is 143 cm³/mol. The van der Waals surface area contributed by atoms with Crippen molar-refractivity contribution >= 4 is 28.7 Å². The van der Waals surface area contributed by atoms with E-state index in [-0.39, 0.29) is 17.8 Å². The van der Waals surface area contributed by atoms with Crippen molar-refractivity contribution < 1.29 is 9.34 Å². The van der Waals surface area contributed by atoms with Crippen molar-refractivity contribution in [3.05, 3.63) is 113 Å². The lowest BCUT2D eigenvalue weighted by atomic mass is 10.0. The van der Waals surface area contributed by atoms with Gasteiger partial charge in [0.1, 0.15) is 17.6 Å². The molecule has 0 bridgehead atoms. The zero-order chi connectivity index (χ0) is 24.9. The Kier molecular flexibility index (Phi) is 6.90. The number of furan rings is 1. The molecular formula is C27H25N5O3S. The van der Waals surface area contributed by atoms with Crippen molar-refractivity contribution in [2.75, 3.05) is 18.4 Å². The lowest BCUT2D eigenvalue weighted by Crippen LogP contribution is -2.31. The number of hydrogen-bond donors (Lipinski definition) is 2. The monoisotopic (exact) mass is 499 g/mol. The quantitative estimate of drug-likeness (QED) is 0.131. The van der Waals surface area contributed by atoms with Crippen molar-refractivity contribution in [3.63, 3.8) is 0 Å². The molecule has 0 saturated carbocycles. The summed E-state index contributed by atoms with van der Waals surface area (Å²) in [7, 11) is 0. The van der Waals surface area contributed by atoms with Gasteiger partial charge in [0.05, 0.1) is 22.2 Å². The molecule has 2 N–H and O–H groups in total. The molecular weight excluding hydrogens is 474 g/mol. The van der Waals surface area contributed by atoms with Gasteiger partial charge in [-0.05, 0) is 61.1 Å². The minimum atomic E-state index is -0.396. The molecule has 2 unspecified atom stereocenters. The highest BCUT2D eigenvalue weighted by Gasteiger charge is 2.41. The molecule has 0 aliphatic carbocycles. The second kappa shape index (κ2) is 10.6. The number of benzene rings is 2. The van der Waals surface area contributed by atoms with E-state index in [1.807, 2.05) is 54.6 Å². The van der Waals surface area contributed by atoms with Gasteiger partial charge in [-0.2, -0.15) is 0 Å². The number of nitro benzene ring substituents is 1. The van der Waals surface area contributed by atoms with Crippen molar-refractivity contribution in [3.8, 4) is 11.3 Å². The molecule has 8 nitrogen and oxygen atoms in total. The standard InChI is InChI=1S/C27H25N5O3S/c33-32(34)22-13-5-4-11-20(22)23-14-15-24(35-23)26-25(21-12-6-7-16-29-21)30-27(36)31(26)18-8-17-28-19-9-2-1-3-10-19/h1-7,9-16,25-26,28H,8,17-18H2,(H,30,36). The molecule has 0 amide bonds. The van der Waals surface area contributed by atoms with E-state index >= 15 is 0 Å². The fraction of sp³-hybridized carbons (Fsp3) is 0.185. The van der Waals surface area contributed by atoms with Crippen LogP contribution in [0, 0.1) is 10.1 Å². The highest BCUT2D eigenvalue weighted by molar-refractivity contribution is 7.80. The van der Waals surface area contributed by atoms with E-state index in [1.54, 1.807) is 30.5 Å². The smallest absolute Gasteiger partial charge is 0.280 e. The second-order valence-electron chi connectivity index (χ2n) is 8.44. The fourth-order valence-electron chi connectivity index (χ4n) is 4.49. The number of nitrogens with one attached hydrogen (secondary N) is 2. The molecule has 2 atom stereocenters. The van der Waals surface area contributed by atoms with Gasteiger partial charge in [-0.15, -0.1) is 0 Å². The number of thiocarbonyl (C=S) groups is 1. The first-order valence-electron chi connectivity index (χ1n) is 11.7. The molecule has 0 spiro atoms. The molecule has 5 rings (SSSR count). The summed E-state index contributed by atoms with van der Waals surface area (Å²) in [5.41, 5.74) is 2.36. The first kappa shape index (κ1) is 23.5. The number of nitro groups is 1. The van der Waals surface area contributed by atoms with Crippen LogP contribution in [0.25, 0.3) is 11.3 Å². The predicted octanol–water partition coefficient (Wildman–Crippen LogP) is 5.72. The highest BCUT2D eigenvalue weighted by atomic mass is 32.1. The van der Waals surface area contributed by atoms with Crippen LogP contribution in [-0.4, -0.2) is 33.0 Å². The van der Waals surface area contributed by atoms with E-state index in [2.05, 4.69) is 20.5 Å². The first-order valence-corrected chi connectivity index (χ1v) is 12.1. The van der Waals surface area contributed by atoms with E-state index in [1.165, 1.54) is 6.07 Å². The number of nitrogens with zero attached hydrogens (tertiary/aromatic N) is 3. The number of rotatable bonds is 9. The molecule has 4 aromatic rings. The minimum Gasteiger partial charge on any atom is -0.459 e. The summed E-state index contributed by atoms with van der Waals surface area (Å²) in [6.07, 6.45) is 2.60. The van der Waals surface area contributed by atoms with Gasteiger partial charge in [0, 0.05) is 31.0 Å². The molecule has 182 valence electrons. The van der Waals surface area contributed by atoms with Crippen molar-refractivity contribution in [1.82, 2.24) is 15.2 Å². The van der Waals surface area contributed by atoms with E-state index < -0.39 is 4.92 Å². The van der Waals surface area contributed by atoms with Crippen molar-refractivity contribution in [2.24, 2.45) is 0 Å². The first-order chi connectivity index (χ1) is 17.6. The van der Waals surface area contributed by atoms with Gasteiger partial charge in [-0.1, -0.05) is 36.4 Å². The summed E-state index contributed by atoms with van der Waals surface area (Å²) < 4.78 is 6.26. The molecule has 1 fully saturated rings. The SMILES string of the molecule is O=[N+]([O-])c1ccccc1-c1ccc(C2C(c3ccccn3)NC(=S)N2CCCNc2ccccc2)o1. The molecule has 3 heterocycles. The number of hydrogen-bond acceptors (Lipinski definition) is 6. The third kappa shape index (κ3) is 4.92. The normalized spacial score (nSPS) is 17.1. The zero-order valence-electron chi connectivity index (χ0n) is 19.4. The van der Waals surface area contributed by atoms with Gasteiger partial charge in [0.2, 0.25) is 0 Å². The summed E-state index contributed by atoms with van der Waals surface area (Å²) in [6, 6.07) is 25.6. The second-order valence-corrected chi connectivity index (χ2v) is 8.83. The maximum absolute atomic E-state index is 11.6. The Bertz CT molecular complexity index is 1350. The van der Waals surface area contributed by atoms with Gasteiger partial charge in [-0.25, -0.2) is 0 Å². The molecule has 2 aromatic heterocycles. The Balaban J connectivity index is 1.41. The molecule has 9 heteroatoms. The van der Waals surface area contributed by atoms with Crippen LogP contribution in [0.2, 0.25) is 0 Å². The van der Waals surface area contributed by atoms with E-state index in [0.29, 0.717) is 28.7 Å². The Morgan fingerprint density at radius 2 is 1.81 bits per heavy atom. The average Bonchev–Trinajstić information content (AvgIpc) is 3.52. The molecule has 1 aliphatic rings. The third-order valence-electron chi connectivity index (χ3n) is 6.16. The highest BCUT2D eigenvalue weighted by Crippen LogP contribution is 2.41. The lowest BCUT2D eigenvalue weighted by Gasteiger charge is -2.26. The van der Waals surface area contributed by atoms with Crippen LogP contribution in [0.1, 0.15) is 30.0 Å². The Morgan fingerprint density at radius 1 is 1.03 bits per heavy atom. The average molecular weight is 500 g/mol. The van der Waals surface area contributed by atoms with Crippen LogP contribution in [0.3, 0.4) is 0 Å². The fourth-order valence-corrected chi connectivity index (χ4v) is 4.82. The maximum atomic E-state index is 11.6.